The third kappa shape index (κ3) is 4.61. The maximum absolute atomic E-state index is 13.2. The minimum Gasteiger partial charge on any atom is -0.340 e. The molecule has 0 bridgehead atoms. The molecule has 1 amide bonds. The van der Waals surface area contributed by atoms with E-state index in [9.17, 15) is 9.18 Å². The van der Waals surface area contributed by atoms with Crippen molar-refractivity contribution in [2.24, 2.45) is 0 Å². The molecule has 5 nitrogen and oxygen atoms in total. The molecule has 0 radical (unpaired) electrons. The van der Waals surface area contributed by atoms with Crippen LogP contribution < -0.4 is 10.6 Å². The molecular formula is C23H16ClFN4O. The molecule has 4 rings (SSSR count). The van der Waals surface area contributed by atoms with Crippen molar-refractivity contribution in [1.82, 2.24) is 9.97 Å². The highest BCUT2D eigenvalue weighted by Crippen LogP contribution is 2.21. The number of carbonyl (C=O) groups is 1. The Morgan fingerprint density at radius 3 is 2.37 bits per heavy atom. The van der Waals surface area contributed by atoms with Crippen LogP contribution in [0.4, 0.5) is 21.6 Å². The van der Waals surface area contributed by atoms with Crippen LogP contribution in [-0.2, 0) is 0 Å². The minimum absolute atomic E-state index is 0.0490. The molecule has 4 aromatic rings. The van der Waals surface area contributed by atoms with Gasteiger partial charge in [-0.15, -0.1) is 0 Å². The smallest absolute Gasteiger partial charge is 0.255 e. The monoisotopic (exact) mass is 418 g/mol. The standard InChI is InChI=1S/C23H16ClFN4O/c24-19-14-18(10-11-20(19)25)28-23(30)16-6-8-17(9-7-16)27-21-12-13-26-22(29-21)15-4-2-1-3-5-15/h1-14H,(H,28,30)(H,26,27,29). The number of benzene rings is 3. The van der Waals surface area contributed by atoms with Crippen LogP contribution in [0.1, 0.15) is 10.4 Å². The van der Waals surface area contributed by atoms with Crippen molar-refractivity contribution in [3.63, 3.8) is 0 Å². The van der Waals surface area contributed by atoms with Gasteiger partial charge in [0.25, 0.3) is 5.91 Å². The van der Waals surface area contributed by atoms with E-state index in [1.165, 1.54) is 18.2 Å². The van der Waals surface area contributed by atoms with Crippen LogP contribution in [0.25, 0.3) is 11.4 Å². The number of aromatic nitrogens is 2. The summed E-state index contributed by atoms with van der Waals surface area (Å²) in [6, 6.07) is 22.4. The second-order valence-electron chi connectivity index (χ2n) is 6.42. The van der Waals surface area contributed by atoms with Crippen molar-refractivity contribution in [3.8, 4) is 11.4 Å². The predicted molar refractivity (Wildman–Crippen MR) is 117 cm³/mol. The molecule has 148 valence electrons. The number of anilines is 3. The van der Waals surface area contributed by atoms with Crippen LogP contribution in [0.3, 0.4) is 0 Å². The fraction of sp³-hybridized carbons (Fsp3) is 0. The first kappa shape index (κ1) is 19.5. The maximum atomic E-state index is 13.2. The van der Waals surface area contributed by atoms with Crippen LogP contribution in [0.5, 0.6) is 0 Å². The van der Waals surface area contributed by atoms with E-state index in [0.717, 1.165) is 11.3 Å². The zero-order valence-electron chi connectivity index (χ0n) is 15.6. The summed E-state index contributed by atoms with van der Waals surface area (Å²) in [7, 11) is 0. The normalized spacial score (nSPS) is 10.5. The lowest BCUT2D eigenvalue weighted by molar-refractivity contribution is 0.102. The molecule has 2 N–H and O–H groups in total. The van der Waals surface area contributed by atoms with E-state index in [4.69, 9.17) is 11.6 Å². The molecule has 0 saturated carbocycles. The van der Waals surface area contributed by atoms with Crippen molar-refractivity contribution in [3.05, 3.63) is 101 Å². The second-order valence-corrected chi connectivity index (χ2v) is 6.82. The highest BCUT2D eigenvalue weighted by atomic mass is 35.5. The fourth-order valence-electron chi connectivity index (χ4n) is 2.78. The molecule has 7 heteroatoms. The molecule has 0 unspecified atom stereocenters. The summed E-state index contributed by atoms with van der Waals surface area (Å²) in [4.78, 5) is 21.2. The van der Waals surface area contributed by atoms with E-state index in [2.05, 4.69) is 20.6 Å². The molecule has 0 saturated heterocycles. The zero-order valence-corrected chi connectivity index (χ0v) is 16.4. The summed E-state index contributed by atoms with van der Waals surface area (Å²) in [6.07, 6.45) is 1.69. The van der Waals surface area contributed by atoms with Gasteiger partial charge in [0.15, 0.2) is 5.82 Å². The number of amides is 1. The van der Waals surface area contributed by atoms with Crippen LogP contribution in [0, 0.1) is 5.82 Å². The number of rotatable bonds is 5. The van der Waals surface area contributed by atoms with Gasteiger partial charge in [-0.05, 0) is 48.5 Å². The highest BCUT2D eigenvalue weighted by Gasteiger charge is 2.09. The van der Waals surface area contributed by atoms with Gasteiger partial charge in [-0.1, -0.05) is 41.9 Å². The summed E-state index contributed by atoms with van der Waals surface area (Å²) in [5, 5.41) is 5.84. The summed E-state index contributed by atoms with van der Waals surface area (Å²) in [5.41, 5.74) is 2.57. The van der Waals surface area contributed by atoms with Crippen LogP contribution in [-0.4, -0.2) is 15.9 Å². The van der Waals surface area contributed by atoms with Gasteiger partial charge in [0.05, 0.1) is 5.02 Å². The van der Waals surface area contributed by atoms with Crippen LogP contribution in [0.2, 0.25) is 5.02 Å². The van der Waals surface area contributed by atoms with E-state index < -0.39 is 5.82 Å². The summed E-state index contributed by atoms with van der Waals surface area (Å²) in [5.74, 6) is 0.402. The largest absolute Gasteiger partial charge is 0.340 e. The van der Waals surface area contributed by atoms with Gasteiger partial charge in [-0.25, -0.2) is 14.4 Å². The Kier molecular flexibility index (Phi) is 5.68. The first-order valence-corrected chi connectivity index (χ1v) is 9.48. The average molecular weight is 419 g/mol. The Bertz CT molecular complexity index is 1180. The molecule has 3 aromatic carbocycles. The summed E-state index contributed by atoms with van der Waals surface area (Å²) in [6.45, 7) is 0. The molecule has 0 spiro atoms. The van der Waals surface area contributed by atoms with Gasteiger partial charge < -0.3 is 10.6 Å². The lowest BCUT2D eigenvalue weighted by atomic mass is 10.2. The minimum atomic E-state index is -0.537. The van der Waals surface area contributed by atoms with E-state index >= 15 is 0 Å². The van der Waals surface area contributed by atoms with Crippen molar-refractivity contribution < 1.29 is 9.18 Å². The van der Waals surface area contributed by atoms with Gasteiger partial charge >= 0.3 is 0 Å². The topological polar surface area (TPSA) is 66.9 Å². The molecule has 1 aromatic heterocycles. The summed E-state index contributed by atoms with van der Waals surface area (Å²) < 4.78 is 13.2. The molecule has 0 fully saturated rings. The van der Waals surface area contributed by atoms with Crippen molar-refractivity contribution in [1.29, 1.82) is 0 Å². The molecule has 30 heavy (non-hydrogen) atoms. The summed E-state index contributed by atoms with van der Waals surface area (Å²) >= 11 is 5.75. The Morgan fingerprint density at radius 2 is 1.63 bits per heavy atom. The van der Waals surface area contributed by atoms with E-state index in [-0.39, 0.29) is 10.9 Å². The van der Waals surface area contributed by atoms with Gasteiger partial charge in [0.1, 0.15) is 11.6 Å². The van der Waals surface area contributed by atoms with Gasteiger partial charge in [-0.2, -0.15) is 0 Å². The van der Waals surface area contributed by atoms with E-state index in [0.29, 0.717) is 22.9 Å². The first-order valence-electron chi connectivity index (χ1n) is 9.10. The van der Waals surface area contributed by atoms with Crippen molar-refractivity contribution in [2.75, 3.05) is 10.6 Å². The van der Waals surface area contributed by atoms with E-state index in [1.54, 1.807) is 36.5 Å². The fourth-order valence-corrected chi connectivity index (χ4v) is 2.97. The number of halogens is 2. The zero-order chi connectivity index (χ0) is 20.9. The van der Waals surface area contributed by atoms with Crippen molar-refractivity contribution >= 4 is 34.7 Å². The molecule has 0 atom stereocenters. The third-order valence-corrected chi connectivity index (χ3v) is 4.57. The molecule has 0 aliphatic rings. The Labute approximate surface area is 177 Å². The van der Waals surface area contributed by atoms with Crippen LogP contribution in [0.15, 0.2) is 85.1 Å². The molecule has 1 heterocycles. The second kappa shape index (κ2) is 8.71. The van der Waals surface area contributed by atoms with Gasteiger partial charge in [-0.3, -0.25) is 4.79 Å². The Morgan fingerprint density at radius 1 is 0.900 bits per heavy atom. The first-order chi connectivity index (χ1) is 14.6. The SMILES string of the molecule is O=C(Nc1ccc(F)c(Cl)c1)c1ccc(Nc2ccnc(-c3ccccc3)n2)cc1. The maximum Gasteiger partial charge on any atom is 0.255 e. The number of nitrogens with one attached hydrogen (secondary N) is 2. The Balaban J connectivity index is 1.45. The molecule has 0 aliphatic carbocycles. The molecule has 0 aliphatic heterocycles. The quantitative estimate of drug-likeness (QED) is 0.421. The number of hydrogen-bond acceptors (Lipinski definition) is 4. The number of nitrogens with zero attached hydrogens (tertiary/aromatic N) is 2. The number of hydrogen-bond donors (Lipinski definition) is 2. The Hall–Kier alpha value is -3.77. The van der Waals surface area contributed by atoms with Crippen molar-refractivity contribution in [2.45, 2.75) is 0 Å². The average Bonchev–Trinajstić information content (AvgIpc) is 2.77. The lowest BCUT2D eigenvalue weighted by Crippen LogP contribution is -2.11. The molecular weight excluding hydrogens is 403 g/mol. The third-order valence-electron chi connectivity index (χ3n) is 4.28. The lowest BCUT2D eigenvalue weighted by Gasteiger charge is -2.09. The van der Waals surface area contributed by atoms with Gasteiger partial charge in [0.2, 0.25) is 0 Å². The highest BCUT2D eigenvalue weighted by molar-refractivity contribution is 6.31. The van der Waals surface area contributed by atoms with Gasteiger partial charge in [0, 0.05) is 28.7 Å². The van der Waals surface area contributed by atoms with E-state index in [1.807, 2.05) is 30.3 Å². The predicted octanol–water partition coefficient (Wildman–Crippen LogP) is 5.93. The number of carbonyl (C=O) groups excluding carboxylic acids is 1. The van der Waals surface area contributed by atoms with Crippen LogP contribution >= 0.6 is 11.6 Å².